The van der Waals surface area contributed by atoms with E-state index in [1.165, 1.54) is 0 Å². The number of halogens is 9. The van der Waals surface area contributed by atoms with Gasteiger partial charge in [0.2, 0.25) is 11.8 Å². The molecular weight excluding hydrogens is 789 g/mol. The SMILES string of the molecule is CCCC(=O)N[C@@H](Cc1ccc(-c2ccccc2)cc1)C(=O)NCCCNCCCCNCCCN.O=C(O)C(F)(F)F.O=C(O)C(F)(F)F.O=C(O)C(F)(F)F. The lowest BCUT2D eigenvalue weighted by Crippen LogP contribution is -2.48. The molecule has 0 saturated heterocycles. The van der Waals surface area contributed by atoms with E-state index in [0.29, 0.717) is 19.4 Å². The predicted molar refractivity (Wildman–Crippen MR) is 190 cm³/mol. The molecule has 2 aromatic carbocycles. The Hall–Kier alpha value is -4.96. The molecular formula is C35H48F9N5O8. The first kappa shape index (κ1) is 54.1. The van der Waals surface area contributed by atoms with Crippen LogP contribution in [0.1, 0.15) is 51.0 Å². The van der Waals surface area contributed by atoms with Crippen molar-refractivity contribution in [2.24, 2.45) is 5.73 Å². The third kappa shape index (κ3) is 29.9. The summed E-state index contributed by atoms with van der Waals surface area (Å²) in [6.07, 6.45) is -9.48. The van der Waals surface area contributed by atoms with Gasteiger partial charge in [0.1, 0.15) is 6.04 Å². The Morgan fingerprint density at radius 3 is 1.42 bits per heavy atom. The van der Waals surface area contributed by atoms with Crippen molar-refractivity contribution in [1.29, 1.82) is 0 Å². The van der Waals surface area contributed by atoms with Gasteiger partial charge in [-0.05, 0) is 81.5 Å². The summed E-state index contributed by atoms with van der Waals surface area (Å²) in [5.41, 5.74) is 8.79. The van der Waals surface area contributed by atoms with Gasteiger partial charge in [-0.15, -0.1) is 0 Å². The fourth-order valence-electron chi connectivity index (χ4n) is 3.93. The summed E-state index contributed by atoms with van der Waals surface area (Å²) in [6.45, 7) is 7.12. The minimum Gasteiger partial charge on any atom is -0.475 e. The van der Waals surface area contributed by atoms with Crippen LogP contribution in [-0.2, 0) is 30.4 Å². The number of nitrogens with one attached hydrogen (secondary N) is 4. The number of alkyl halides is 9. The molecule has 0 fully saturated rings. The molecule has 1 atom stereocenters. The van der Waals surface area contributed by atoms with Crippen molar-refractivity contribution >= 4 is 29.7 Å². The summed E-state index contributed by atoms with van der Waals surface area (Å²) >= 11 is 0. The number of nitrogens with two attached hydrogens (primary N) is 1. The number of rotatable bonds is 19. The number of carboxylic acids is 3. The molecule has 2 rings (SSSR count). The summed E-state index contributed by atoms with van der Waals surface area (Å²) in [4.78, 5) is 51.8. The Balaban J connectivity index is 0. The summed E-state index contributed by atoms with van der Waals surface area (Å²) in [5, 5.41) is 34.1. The second kappa shape index (κ2) is 29.3. The minimum absolute atomic E-state index is 0.0854. The van der Waals surface area contributed by atoms with Gasteiger partial charge < -0.3 is 42.3 Å². The number of hydrogen-bond acceptors (Lipinski definition) is 8. The van der Waals surface area contributed by atoms with Crippen molar-refractivity contribution in [3.8, 4) is 11.1 Å². The van der Waals surface area contributed by atoms with Gasteiger partial charge in [0, 0.05) is 19.4 Å². The first-order valence-electron chi connectivity index (χ1n) is 17.2. The summed E-state index contributed by atoms with van der Waals surface area (Å²) in [6, 6.07) is 17.8. The van der Waals surface area contributed by atoms with Crippen molar-refractivity contribution in [3.63, 3.8) is 0 Å². The topological polar surface area (TPSA) is 220 Å². The first-order chi connectivity index (χ1) is 26.5. The number of carbonyl (C=O) groups is 5. The zero-order valence-corrected chi connectivity index (χ0v) is 30.8. The Bertz CT molecular complexity index is 1390. The van der Waals surface area contributed by atoms with Crippen molar-refractivity contribution < 1.29 is 78.8 Å². The number of carboxylic acid groups (broad SMARTS) is 3. The molecule has 0 aliphatic rings. The van der Waals surface area contributed by atoms with Crippen LogP contribution in [0.25, 0.3) is 11.1 Å². The average Bonchev–Trinajstić information content (AvgIpc) is 3.12. The van der Waals surface area contributed by atoms with Crippen molar-refractivity contribution in [3.05, 3.63) is 60.2 Å². The Morgan fingerprint density at radius 1 is 0.614 bits per heavy atom. The smallest absolute Gasteiger partial charge is 0.475 e. The molecule has 13 nitrogen and oxygen atoms in total. The molecule has 9 N–H and O–H groups in total. The average molecular weight is 838 g/mol. The van der Waals surface area contributed by atoms with Gasteiger partial charge in [0.15, 0.2) is 0 Å². The number of unbranched alkanes of at least 4 members (excludes halogenated alkanes) is 1. The first-order valence-corrected chi connectivity index (χ1v) is 17.2. The number of benzene rings is 2. The molecule has 0 aliphatic heterocycles. The van der Waals surface area contributed by atoms with Crippen LogP contribution in [0.2, 0.25) is 0 Å². The monoisotopic (exact) mass is 837 g/mol. The lowest BCUT2D eigenvalue weighted by atomic mass is 10.00. The van der Waals surface area contributed by atoms with Gasteiger partial charge in [-0.2, -0.15) is 39.5 Å². The Labute approximate surface area is 322 Å². The number of amides is 2. The normalized spacial score (nSPS) is 11.6. The molecule has 2 aromatic rings. The van der Waals surface area contributed by atoms with E-state index in [-0.39, 0.29) is 11.8 Å². The lowest BCUT2D eigenvalue weighted by molar-refractivity contribution is -0.193. The van der Waals surface area contributed by atoms with Crippen LogP contribution in [0.3, 0.4) is 0 Å². The highest BCUT2D eigenvalue weighted by Crippen LogP contribution is 2.20. The molecule has 57 heavy (non-hydrogen) atoms. The third-order valence-electron chi connectivity index (χ3n) is 6.70. The molecule has 0 spiro atoms. The molecule has 0 heterocycles. The van der Waals surface area contributed by atoms with Gasteiger partial charge in [-0.25, -0.2) is 14.4 Å². The van der Waals surface area contributed by atoms with E-state index in [4.69, 9.17) is 35.4 Å². The minimum atomic E-state index is -5.08. The van der Waals surface area contributed by atoms with E-state index < -0.39 is 42.5 Å². The number of carbonyl (C=O) groups excluding carboxylic acids is 2. The van der Waals surface area contributed by atoms with Gasteiger partial charge in [0.25, 0.3) is 0 Å². The zero-order valence-electron chi connectivity index (χ0n) is 30.8. The molecule has 0 radical (unpaired) electrons. The van der Waals surface area contributed by atoms with Crippen LogP contribution in [-0.4, -0.2) is 109 Å². The van der Waals surface area contributed by atoms with Gasteiger partial charge >= 0.3 is 36.4 Å². The van der Waals surface area contributed by atoms with E-state index in [9.17, 15) is 49.1 Å². The van der Waals surface area contributed by atoms with Crippen molar-refractivity contribution in [2.45, 2.75) is 76.4 Å². The van der Waals surface area contributed by atoms with E-state index in [0.717, 1.165) is 81.5 Å². The largest absolute Gasteiger partial charge is 0.490 e. The highest BCUT2D eigenvalue weighted by Gasteiger charge is 2.39. The van der Waals surface area contributed by atoms with E-state index in [1.807, 2.05) is 37.3 Å². The third-order valence-corrected chi connectivity index (χ3v) is 6.70. The maximum atomic E-state index is 12.9. The fraction of sp³-hybridized carbons (Fsp3) is 0.514. The van der Waals surface area contributed by atoms with Crippen LogP contribution in [0.15, 0.2) is 54.6 Å². The van der Waals surface area contributed by atoms with Crippen molar-refractivity contribution in [2.75, 3.05) is 39.3 Å². The summed E-state index contributed by atoms with van der Waals surface area (Å²) in [5.74, 6) is -8.49. The summed E-state index contributed by atoms with van der Waals surface area (Å²) in [7, 11) is 0. The van der Waals surface area contributed by atoms with Crippen molar-refractivity contribution in [1.82, 2.24) is 21.3 Å². The quantitative estimate of drug-likeness (QED) is 0.0703. The second-order valence-electron chi connectivity index (χ2n) is 11.5. The molecule has 0 saturated carbocycles. The van der Waals surface area contributed by atoms with Crippen LogP contribution >= 0.6 is 0 Å². The Kier molecular flexibility index (Phi) is 27.8. The molecule has 2 amide bonds. The predicted octanol–water partition coefficient (Wildman–Crippen LogP) is 4.90. The molecule has 0 unspecified atom stereocenters. The highest BCUT2D eigenvalue weighted by molar-refractivity contribution is 5.87. The summed E-state index contributed by atoms with van der Waals surface area (Å²) < 4.78 is 95.2. The van der Waals surface area contributed by atoms with E-state index in [1.54, 1.807) is 0 Å². The zero-order chi connectivity index (χ0) is 44.1. The van der Waals surface area contributed by atoms with Crippen LogP contribution in [0, 0.1) is 0 Å². The fourth-order valence-corrected chi connectivity index (χ4v) is 3.93. The maximum Gasteiger partial charge on any atom is 0.490 e. The van der Waals surface area contributed by atoms with E-state index in [2.05, 4.69) is 45.5 Å². The molecule has 0 aromatic heterocycles. The molecule has 324 valence electrons. The highest BCUT2D eigenvalue weighted by atomic mass is 19.4. The van der Waals surface area contributed by atoms with Gasteiger partial charge in [-0.1, -0.05) is 61.5 Å². The number of aliphatic carboxylic acids is 3. The van der Waals surface area contributed by atoms with Crippen LogP contribution < -0.4 is 27.0 Å². The van der Waals surface area contributed by atoms with Gasteiger partial charge in [0.05, 0.1) is 0 Å². The molecule has 0 bridgehead atoms. The van der Waals surface area contributed by atoms with Crippen LogP contribution in [0.4, 0.5) is 39.5 Å². The Morgan fingerprint density at radius 2 is 1.02 bits per heavy atom. The maximum absolute atomic E-state index is 12.9. The standard InChI is InChI=1S/C29H45N5O2.3C2HF3O2/c1-2-10-28(35)34-27(23-24-13-15-26(16-14-24)25-11-4-3-5-12-25)29(36)33-22-9-21-32-19-7-6-18-31-20-8-17-30;3*3-2(4,5)1(6)7/h3-5,11-16,27,31-32H,2,6-10,17-23,30H2,1H3,(H,33,36)(H,34,35);3*(H,6,7)/t27-;;;/m0.../s1. The van der Waals surface area contributed by atoms with Crippen LogP contribution in [0.5, 0.6) is 0 Å². The van der Waals surface area contributed by atoms with E-state index >= 15 is 0 Å². The molecule has 0 aliphatic carbocycles. The lowest BCUT2D eigenvalue weighted by Gasteiger charge is -2.19. The molecule has 22 heteroatoms. The second-order valence-corrected chi connectivity index (χ2v) is 11.5. The number of hydrogen-bond donors (Lipinski definition) is 8. The van der Waals surface area contributed by atoms with Gasteiger partial charge in [-0.3, -0.25) is 9.59 Å².